The van der Waals surface area contributed by atoms with Gasteiger partial charge in [0.05, 0.1) is 18.2 Å². The van der Waals surface area contributed by atoms with E-state index in [1.807, 2.05) is 0 Å². The number of aliphatic imine (C=N–C) groups is 1. The summed E-state index contributed by atoms with van der Waals surface area (Å²) in [7, 11) is -0.866. The molecule has 1 unspecified atom stereocenters. The summed E-state index contributed by atoms with van der Waals surface area (Å²) < 4.78 is 3.63. The molecule has 0 aliphatic carbocycles. The van der Waals surface area contributed by atoms with Crippen molar-refractivity contribution in [3.05, 3.63) is 11.1 Å². The zero-order chi connectivity index (χ0) is 11.3. The van der Waals surface area contributed by atoms with Gasteiger partial charge in [-0.3, -0.25) is 4.79 Å². The van der Waals surface area contributed by atoms with Crippen LogP contribution in [0.2, 0.25) is 0 Å². The van der Waals surface area contributed by atoms with Gasteiger partial charge in [0.25, 0.3) is 0 Å². The third-order valence-corrected chi connectivity index (χ3v) is 2.59. The van der Waals surface area contributed by atoms with E-state index in [0.717, 1.165) is 0 Å². The molecule has 1 rings (SSSR count). The molecule has 8 heteroatoms. The summed E-state index contributed by atoms with van der Waals surface area (Å²) in [5.74, 6) is -0.985. The number of hydrogen-bond donors (Lipinski definition) is 2. The second-order valence-electron chi connectivity index (χ2n) is 2.45. The van der Waals surface area contributed by atoms with Gasteiger partial charge in [-0.15, -0.1) is 0 Å². The first kappa shape index (κ1) is 11.4. The van der Waals surface area contributed by atoms with Crippen LogP contribution in [0.1, 0.15) is 6.42 Å². The molecule has 3 N–H and O–H groups in total. The Kier molecular flexibility index (Phi) is 3.96. The van der Waals surface area contributed by atoms with E-state index in [9.17, 15) is 4.79 Å². The van der Waals surface area contributed by atoms with Gasteiger partial charge in [-0.2, -0.15) is 5.26 Å². The Balaban J connectivity index is 2.67. The minimum Gasteiger partial charge on any atom is -0.481 e. The maximum absolute atomic E-state index is 10.4. The molecule has 0 aromatic carbocycles. The fourth-order valence-corrected chi connectivity index (χ4v) is 1.82. The number of rotatable bonds is 4. The molecular formula is C7H8N4O3S. The molecule has 0 aromatic heterocycles. The molecule has 0 bridgehead atoms. The fourth-order valence-electron chi connectivity index (χ4n) is 0.812. The highest BCUT2D eigenvalue weighted by Crippen LogP contribution is 2.14. The van der Waals surface area contributed by atoms with E-state index in [-0.39, 0.29) is 18.2 Å². The van der Waals surface area contributed by atoms with Gasteiger partial charge in [-0.25, -0.2) is 9.83 Å². The summed E-state index contributed by atoms with van der Waals surface area (Å²) in [5, 5.41) is 18.4. The van der Waals surface area contributed by atoms with E-state index in [4.69, 9.17) is 16.1 Å². The predicted molar refractivity (Wildman–Crippen MR) is 53.3 cm³/mol. The standard InChI is InChI=1S/C7H8N4O3S/c8-1-2-14-11-15-4-5(3-6(12)13)10-7(15)9/h4H,2-3H2,(H2,9,10)(H,12,13). The number of nitrogens with zero attached hydrogens (tertiary/aromatic N) is 3. The van der Waals surface area contributed by atoms with Crippen molar-refractivity contribution in [2.45, 2.75) is 6.42 Å². The highest BCUT2D eigenvalue weighted by molar-refractivity contribution is 8.05. The average Bonchev–Trinajstić information content (AvgIpc) is 2.46. The van der Waals surface area contributed by atoms with Gasteiger partial charge in [0.15, 0.2) is 11.8 Å². The summed E-state index contributed by atoms with van der Waals surface area (Å²) in [6, 6.07) is 1.74. The number of carboxylic acids is 1. The highest BCUT2D eigenvalue weighted by atomic mass is 32.2. The third-order valence-electron chi connectivity index (χ3n) is 1.31. The normalized spacial score (nSPS) is 19.5. The Morgan fingerprint density at radius 2 is 2.60 bits per heavy atom. The van der Waals surface area contributed by atoms with Gasteiger partial charge in [-0.05, 0) is 0 Å². The van der Waals surface area contributed by atoms with Crippen molar-refractivity contribution >= 4 is 21.8 Å². The van der Waals surface area contributed by atoms with Crippen LogP contribution in [-0.2, 0) is 20.3 Å². The third kappa shape index (κ3) is 3.49. The maximum Gasteiger partial charge on any atom is 0.309 e. The lowest BCUT2D eigenvalue weighted by Gasteiger charge is -1.92. The van der Waals surface area contributed by atoms with Crippen LogP contribution in [0.25, 0.3) is 0 Å². The van der Waals surface area contributed by atoms with E-state index in [1.165, 1.54) is 5.41 Å². The molecule has 0 radical (unpaired) electrons. The Morgan fingerprint density at radius 1 is 1.87 bits per heavy atom. The Labute approximate surface area is 87.9 Å². The van der Waals surface area contributed by atoms with Crippen LogP contribution < -0.4 is 5.73 Å². The minimum absolute atomic E-state index is 0.168. The number of carbonyl (C=O) groups is 1. The fraction of sp³-hybridized carbons (Fsp3) is 0.286. The van der Waals surface area contributed by atoms with E-state index in [1.54, 1.807) is 6.07 Å². The van der Waals surface area contributed by atoms with Crippen LogP contribution >= 0.6 is 0 Å². The van der Waals surface area contributed by atoms with Crippen LogP contribution in [0.5, 0.6) is 0 Å². The Hall–Kier alpha value is -1.72. The topological polar surface area (TPSA) is 121 Å². The number of nitriles is 1. The number of nitrogens with two attached hydrogens (primary N) is 1. The molecule has 15 heavy (non-hydrogen) atoms. The van der Waals surface area contributed by atoms with Gasteiger partial charge in [-0.1, -0.05) is 4.53 Å². The van der Waals surface area contributed by atoms with Crippen LogP contribution in [0.4, 0.5) is 0 Å². The molecular weight excluding hydrogens is 220 g/mol. The second-order valence-corrected chi connectivity index (χ2v) is 3.88. The van der Waals surface area contributed by atoms with Crippen LogP contribution in [-0.4, -0.2) is 22.9 Å². The quantitative estimate of drug-likeness (QED) is 0.513. The minimum atomic E-state index is -0.985. The molecule has 7 nitrogen and oxygen atoms in total. The summed E-state index contributed by atoms with van der Waals surface area (Å²) in [4.78, 5) is 18.8. The van der Waals surface area contributed by atoms with Gasteiger partial charge in [0, 0.05) is 16.1 Å². The van der Waals surface area contributed by atoms with Crippen molar-refractivity contribution in [3.8, 4) is 6.07 Å². The molecule has 1 aliphatic rings. The number of hydrogen-bond acceptors (Lipinski definition) is 6. The molecule has 0 amide bonds. The number of amidine groups is 1. The van der Waals surface area contributed by atoms with Crippen LogP contribution in [0.3, 0.4) is 0 Å². The Bertz CT molecular complexity index is 407. The van der Waals surface area contributed by atoms with Gasteiger partial charge in [0.2, 0.25) is 0 Å². The lowest BCUT2D eigenvalue weighted by molar-refractivity contribution is -0.136. The molecule has 1 heterocycles. The van der Waals surface area contributed by atoms with Crippen molar-refractivity contribution in [2.24, 2.45) is 15.3 Å². The first-order valence-electron chi connectivity index (χ1n) is 3.83. The average molecular weight is 228 g/mol. The van der Waals surface area contributed by atoms with E-state index in [2.05, 4.69) is 14.4 Å². The number of aliphatic carboxylic acids is 1. The highest BCUT2D eigenvalue weighted by Gasteiger charge is 2.14. The molecule has 1 atom stereocenters. The summed E-state index contributed by atoms with van der Waals surface area (Å²) in [5.41, 5.74) is 5.84. The van der Waals surface area contributed by atoms with Gasteiger partial charge in [0.1, 0.15) is 0 Å². The lowest BCUT2D eigenvalue weighted by atomic mass is 10.3. The van der Waals surface area contributed by atoms with Crippen LogP contribution in [0.15, 0.2) is 20.6 Å². The smallest absolute Gasteiger partial charge is 0.309 e. The van der Waals surface area contributed by atoms with Crippen molar-refractivity contribution in [1.29, 1.82) is 5.26 Å². The molecule has 80 valence electrons. The monoisotopic (exact) mass is 228 g/mol. The van der Waals surface area contributed by atoms with Gasteiger partial charge >= 0.3 is 5.97 Å². The van der Waals surface area contributed by atoms with Gasteiger partial charge < -0.3 is 10.8 Å². The molecule has 0 saturated heterocycles. The van der Waals surface area contributed by atoms with Crippen molar-refractivity contribution in [3.63, 3.8) is 0 Å². The van der Waals surface area contributed by atoms with Crippen molar-refractivity contribution in [2.75, 3.05) is 6.61 Å². The van der Waals surface area contributed by atoms with E-state index >= 15 is 0 Å². The SMILES string of the molecule is N#CCO/N=S1/C=C(CC(=O)O)N=C1N. The Morgan fingerprint density at radius 3 is 3.20 bits per heavy atom. The summed E-state index contributed by atoms with van der Waals surface area (Å²) in [6.07, 6.45) is -0.196. The first-order valence-corrected chi connectivity index (χ1v) is 5.08. The zero-order valence-electron chi connectivity index (χ0n) is 7.58. The first-order chi connectivity index (χ1) is 7.13. The van der Waals surface area contributed by atoms with E-state index < -0.39 is 16.7 Å². The maximum atomic E-state index is 10.4. The van der Waals surface area contributed by atoms with E-state index in [0.29, 0.717) is 5.70 Å². The molecule has 0 fully saturated rings. The zero-order valence-corrected chi connectivity index (χ0v) is 8.40. The molecule has 0 aromatic rings. The second kappa shape index (κ2) is 5.23. The molecule has 0 spiro atoms. The lowest BCUT2D eigenvalue weighted by Crippen LogP contribution is -2.13. The predicted octanol–water partition coefficient (Wildman–Crippen LogP) is -0.112. The summed E-state index contributed by atoms with van der Waals surface area (Å²) >= 11 is 0. The summed E-state index contributed by atoms with van der Waals surface area (Å²) in [6.45, 7) is -0.168. The molecule has 0 saturated carbocycles. The van der Waals surface area contributed by atoms with Crippen LogP contribution in [0, 0.1) is 11.3 Å². The number of carboxylic acid groups (broad SMARTS) is 1. The largest absolute Gasteiger partial charge is 0.481 e. The van der Waals surface area contributed by atoms with Crippen molar-refractivity contribution in [1.82, 2.24) is 0 Å². The van der Waals surface area contributed by atoms with Crippen molar-refractivity contribution < 1.29 is 14.7 Å². The molecule has 1 aliphatic heterocycles.